The van der Waals surface area contributed by atoms with Gasteiger partial charge in [0.2, 0.25) is 10.0 Å². The summed E-state index contributed by atoms with van der Waals surface area (Å²) in [6, 6.07) is 14.0. The van der Waals surface area contributed by atoms with Crippen LogP contribution in [-0.2, 0) is 24.1 Å². The highest BCUT2D eigenvalue weighted by atomic mass is 35.5. The number of aryl methyl sites for hydroxylation is 1. The van der Waals surface area contributed by atoms with Crippen LogP contribution in [0.5, 0.6) is 0 Å². The Labute approximate surface area is 216 Å². The van der Waals surface area contributed by atoms with Gasteiger partial charge in [0, 0.05) is 31.0 Å². The Kier molecular flexibility index (Phi) is 5.89. The van der Waals surface area contributed by atoms with E-state index in [9.17, 15) is 18.0 Å². The second-order valence-corrected chi connectivity index (χ2v) is 10.6. The van der Waals surface area contributed by atoms with E-state index in [1.807, 2.05) is 0 Å². The highest BCUT2D eigenvalue weighted by Gasteiger charge is 2.26. The number of nitrogens with zero attached hydrogens (tertiary/aromatic N) is 6. The molecule has 0 bridgehead atoms. The maximum Gasteiger partial charge on any atom is 0.333 e. The van der Waals surface area contributed by atoms with Crippen molar-refractivity contribution in [3.05, 3.63) is 92.2 Å². The minimum Gasteiger partial charge on any atom is -0.285 e. The van der Waals surface area contributed by atoms with Crippen molar-refractivity contribution in [2.24, 2.45) is 19.2 Å². The molecule has 0 spiro atoms. The standard InChI is InChI=1S/C24H22ClN7O4S/c1-14(15-4-10-18(11-5-15)37(26,35)36)31-22-20(23(33)29(2)24(31)34)32(17-8-6-16(25)7-9-17)21(28-22)19-12-13-27-30(19)3/h4-14H,1-3H3,(H2,26,35,36). The number of aromatic nitrogens is 6. The van der Waals surface area contributed by atoms with Gasteiger partial charge in [-0.1, -0.05) is 23.7 Å². The highest BCUT2D eigenvalue weighted by Crippen LogP contribution is 2.29. The Bertz CT molecular complexity index is 1880. The molecule has 0 amide bonds. The van der Waals surface area contributed by atoms with E-state index in [2.05, 4.69) is 5.10 Å². The van der Waals surface area contributed by atoms with Gasteiger partial charge in [-0.3, -0.25) is 23.2 Å². The van der Waals surface area contributed by atoms with Crippen LogP contribution >= 0.6 is 11.6 Å². The normalized spacial score (nSPS) is 12.8. The zero-order valence-corrected chi connectivity index (χ0v) is 21.6. The van der Waals surface area contributed by atoms with Crippen molar-refractivity contribution < 1.29 is 8.42 Å². The summed E-state index contributed by atoms with van der Waals surface area (Å²) in [4.78, 5) is 31.7. The number of benzene rings is 2. The molecule has 37 heavy (non-hydrogen) atoms. The molecule has 0 aliphatic heterocycles. The van der Waals surface area contributed by atoms with Gasteiger partial charge in [0.1, 0.15) is 5.69 Å². The van der Waals surface area contributed by atoms with Crippen molar-refractivity contribution in [1.82, 2.24) is 28.5 Å². The first kappa shape index (κ1) is 24.7. The van der Waals surface area contributed by atoms with E-state index in [0.29, 0.717) is 27.8 Å². The van der Waals surface area contributed by atoms with Crippen LogP contribution in [0.3, 0.4) is 0 Å². The molecule has 0 saturated carbocycles. The molecule has 5 aromatic rings. The average molecular weight is 540 g/mol. The Hall–Kier alpha value is -4.00. The summed E-state index contributed by atoms with van der Waals surface area (Å²) in [5.41, 5.74) is 1.13. The third-order valence-electron chi connectivity index (χ3n) is 6.30. The van der Waals surface area contributed by atoms with E-state index in [1.54, 1.807) is 71.9 Å². The number of nitrogens with two attached hydrogens (primary N) is 1. The second kappa shape index (κ2) is 8.83. The molecule has 3 heterocycles. The van der Waals surface area contributed by atoms with Gasteiger partial charge >= 0.3 is 5.69 Å². The zero-order valence-electron chi connectivity index (χ0n) is 20.0. The summed E-state index contributed by atoms with van der Waals surface area (Å²) in [5.74, 6) is 0.408. The third-order valence-corrected chi connectivity index (χ3v) is 7.48. The summed E-state index contributed by atoms with van der Waals surface area (Å²) >= 11 is 6.11. The predicted octanol–water partition coefficient (Wildman–Crippen LogP) is 2.20. The molecule has 3 aromatic heterocycles. The number of hydrogen-bond acceptors (Lipinski definition) is 6. The fraction of sp³-hybridized carbons (Fsp3) is 0.167. The van der Waals surface area contributed by atoms with Gasteiger partial charge in [-0.15, -0.1) is 0 Å². The molecule has 0 radical (unpaired) electrons. The zero-order chi connectivity index (χ0) is 26.6. The van der Waals surface area contributed by atoms with Crippen LogP contribution in [0.2, 0.25) is 5.02 Å². The molecule has 11 nitrogen and oxygen atoms in total. The lowest BCUT2D eigenvalue weighted by Gasteiger charge is -2.18. The number of primary sulfonamides is 1. The Morgan fingerprint density at radius 3 is 2.19 bits per heavy atom. The molecule has 2 aromatic carbocycles. The SMILES string of the molecule is CC(c1ccc(S(N)(=O)=O)cc1)n1c(=O)n(C)c(=O)c2c1nc(-c1ccnn1C)n2-c1ccc(Cl)cc1. The minimum atomic E-state index is -3.88. The summed E-state index contributed by atoms with van der Waals surface area (Å²) < 4.78 is 29.1. The lowest BCUT2D eigenvalue weighted by atomic mass is 10.1. The van der Waals surface area contributed by atoms with Crippen molar-refractivity contribution in [2.45, 2.75) is 17.9 Å². The Morgan fingerprint density at radius 1 is 0.973 bits per heavy atom. The molecule has 2 N–H and O–H groups in total. The summed E-state index contributed by atoms with van der Waals surface area (Å²) in [6.07, 6.45) is 1.61. The molecule has 0 saturated heterocycles. The van der Waals surface area contributed by atoms with Gasteiger partial charge in [0.15, 0.2) is 17.0 Å². The second-order valence-electron chi connectivity index (χ2n) is 8.57. The van der Waals surface area contributed by atoms with E-state index in [4.69, 9.17) is 21.7 Å². The fourth-order valence-electron chi connectivity index (χ4n) is 4.31. The number of fused-ring (bicyclic) bond motifs is 1. The fourth-order valence-corrected chi connectivity index (χ4v) is 4.95. The first-order valence-corrected chi connectivity index (χ1v) is 13.0. The molecule has 1 atom stereocenters. The molecule has 13 heteroatoms. The number of rotatable bonds is 5. The summed E-state index contributed by atoms with van der Waals surface area (Å²) in [5, 5.41) is 9.98. The molecule has 0 fully saturated rings. The monoisotopic (exact) mass is 539 g/mol. The van der Waals surface area contributed by atoms with Gasteiger partial charge < -0.3 is 0 Å². The van der Waals surface area contributed by atoms with Crippen molar-refractivity contribution in [3.8, 4) is 17.2 Å². The van der Waals surface area contributed by atoms with Gasteiger partial charge in [-0.05, 0) is 55.0 Å². The van der Waals surface area contributed by atoms with E-state index in [1.165, 1.54) is 23.7 Å². The molecular weight excluding hydrogens is 518 g/mol. The lowest BCUT2D eigenvalue weighted by molar-refractivity contribution is 0.579. The molecular formula is C24H22ClN7O4S. The number of imidazole rings is 1. The van der Waals surface area contributed by atoms with Gasteiger partial charge in [0.05, 0.1) is 10.9 Å². The van der Waals surface area contributed by atoms with Crippen molar-refractivity contribution in [3.63, 3.8) is 0 Å². The maximum absolute atomic E-state index is 13.5. The molecule has 1 unspecified atom stereocenters. The average Bonchev–Trinajstić information content (AvgIpc) is 3.46. The topological polar surface area (TPSA) is 140 Å². The van der Waals surface area contributed by atoms with Crippen LogP contribution in [0.15, 0.2) is 75.3 Å². The number of hydrogen-bond donors (Lipinski definition) is 1. The van der Waals surface area contributed by atoms with Gasteiger partial charge in [0.25, 0.3) is 5.56 Å². The highest BCUT2D eigenvalue weighted by molar-refractivity contribution is 7.89. The first-order chi connectivity index (χ1) is 17.5. The predicted molar refractivity (Wildman–Crippen MR) is 139 cm³/mol. The van der Waals surface area contributed by atoms with Crippen molar-refractivity contribution in [1.29, 1.82) is 0 Å². The van der Waals surface area contributed by atoms with Crippen LogP contribution in [0, 0.1) is 0 Å². The van der Waals surface area contributed by atoms with Gasteiger partial charge in [-0.2, -0.15) is 5.10 Å². The molecule has 190 valence electrons. The first-order valence-electron chi connectivity index (χ1n) is 11.1. The smallest absolute Gasteiger partial charge is 0.285 e. The molecule has 0 aliphatic rings. The van der Waals surface area contributed by atoms with E-state index < -0.39 is 27.3 Å². The van der Waals surface area contributed by atoms with Gasteiger partial charge in [-0.25, -0.2) is 23.3 Å². The van der Waals surface area contributed by atoms with E-state index >= 15 is 0 Å². The summed E-state index contributed by atoms with van der Waals surface area (Å²) in [6.45, 7) is 1.77. The van der Waals surface area contributed by atoms with Crippen LogP contribution in [0.1, 0.15) is 18.5 Å². The minimum absolute atomic E-state index is 0.0492. The van der Waals surface area contributed by atoms with Crippen LogP contribution < -0.4 is 16.4 Å². The van der Waals surface area contributed by atoms with Crippen LogP contribution in [0.25, 0.3) is 28.4 Å². The van der Waals surface area contributed by atoms with Crippen molar-refractivity contribution in [2.75, 3.05) is 0 Å². The molecule has 0 aliphatic carbocycles. The maximum atomic E-state index is 13.5. The summed E-state index contributed by atoms with van der Waals surface area (Å²) in [7, 11) is -0.723. The van der Waals surface area contributed by atoms with E-state index in [-0.39, 0.29) is 16.1 Å². The molecule has 5 rings (SSSR count). The Morgan fingerprint density at radius 2 is 1.62 bits per heavy atom. The lowest BCUT2D eigenvalue weighted by Crippen LogP contribution is -2.40. The van der Waals surface area contributed by atoms with Crippen molar-refractivity contribution >= 4 is 32.8 Å². The Balaban J connectivity index is 1.85. The quantitative estimate of drug-likeness (QED) is 0.363. The van der Waals surface area contributed by atoms with E-state index in [0.717, 1.165) is 4.57 Å². The number of sulfonamides is 1. The van der Waals surface area contributed by atoms with Crippen LogP contribution in [0.4, 0.5) is 0 Å². The van der Waals surface area contributed by atoms with Crippen LogP contribution in [-0.4, -0.2) is 36.9 Å². The largest absolute Gasteiger partial charge is 0.333 e. The third kappa shape index (κ3) is 4.08. The number of halogens is 1.